The molecule has 1 N–H and O–H groups in total. The molecule has 3 aromatic rings. The monoisotopic (exact) mass is 473 g/mol. The Balaban J connectivity index is 1.80. The van der Waals surface area contributed by atoms with Gasteiger partial charge in [0.05, 0.1) is 29.5 Å². The van der Waals surface area contributed by atoms with Crippen LogP contribution in [-0.2, 0) is 7.05 Å². The van der Waals surface area contributed by atoms with Crippen molar-refractivity contribution in [2.45, 2.75) is 18.9 Å². The number of piperidine rings is 1. The summed E-state index contributed by atoms with van der Waals surface area (Å²) >= 11 is 0. The van der Waals surface area contributed by atoms with Gasteiger partial charge in [0.15, 0.2) is 0 Å². The van der Waals surface area contributed by atoms with Gasteiger partial charge in [-0.1, -0.05) is 24.3 Å². The van der Waals surface area contributed by atoms with Gasteiger partial charge in [-0.25, -0.2) is 4.98 Å². The number of aromatic nitrogens is 2. The van der Waals surface area contributed by atoms with Crippen molar-refractivity contribution >= 4 is 5.95 Å². The number of aliphatic hydroxyl groups is 1. The van der Waals surface area contributed by atoms with E-state index in [1.807, 2.05) is 24.3 Å². The SMILES string of the molecule is CN(C)C1CCN(c2nc(-c3ccc(C#N)cc3)c(-c3ccc(OCCO)cc3)c(=O)n2C)CC1. The highest BCUT2D eigenvalue weighted by atomic mass is 16.5. The molecule has 1 aliphatic rings. The fraction of sp³-hybridized carbons (Fsp3) is 0.370. The van der Waals surface area contributed by atoms with Crippen LogP contribution >= 0.6 is 0 Å². The fourth-order valence-corrected chi connectivity index (χ4v) is 4.51. The molecular weight excluding hydrogens is 442 g/mol. The van der Waals surface area contributed by atoms with E-state index < -0.39 is 0 Å². The van der Waals surface area contributed by atoms with Crippen LogP contribution in [0.5, 0.6) is 5.75 Å². The maximum atomic E-state index is 13.8. The molecule has 0 spiro atoms. The summed E-state index contributed by atoms with van der Waals surface area (Å²) in [5, 5.41) is 18.2. The van der Waals surface area contributed by atoms with Crippen molar-refractivity contribution < 1.29 is 9.84 Å². The highest BCUT2D eigenvalue weighted by Gasteiger charge is 2.26. The second-order valence-corrected chi connectivity index (χ2v) is 8.97. The molecule has 0 saturated carbocycles. The third kappa shape index (κ3) is 5.21. The maximum Gasteiger partial charge on any atom is 0.263 e. The van der Waals surface area contributed by atoms with E-state index in [1.165, 1.54) is 0 Å². The summed E-state index contributed by atoms with van der Waals surface area (Å²) in [5.74, 6) is 1.27. The van der Waals surface area contributed by atoms with Crippen molar-refractivity contribution in [3.05, 3.63) is 64.4 Å². The zero-order chi connectivity index (χ0) is 24.9. The van der Waals surface area contributed by atoms with E-state index >= 15 is 0 Å². The predicted octanol–water partition coefficient (Wildman–Crippen LogP) is 2.89. The van der Waals surface area contributed by atoms with Crippen LogP contribution in [0.3, 0.4) is 0 Å². The van der Waals surface area contributed by atoms with Crippen molar-refractivity contribution in [3.63, 3.8) is 0 Å². The standard InChI is InChI=1S/C27H31N5O3/c1-30(2)22-12-14-32(15-13-22)27-29-25(21-6-4-19(18-28)5-7-21)24(26(34)31(27)3)20-8-10-23(11-9-20)35-17-16-33/h4-11,22,33H,12-17H2,1-3H3. The number of rotatable bonds is 7. The smallest absolute Gasteiger partial charge is 0.263 e. The zero-order valence-corrected chi connectivity index (χ0v) is 20.4. The van der Waals surface area contributed by atoms with Gasteiger partial charge in [0.2, 0.25) is 5.95 Å². The molecule has 182 valence electrons. The van der Waals surface area contributed by atoms with Gasteiger partial charge in [0.25, 0.3) is 5.56 Å². The molecule has 2 aromatic carbocycles. The Bertz CT molecular complexity index is 1250. The van der Waals surface area contributed by atoms with Crippen LogP contribution < -0.4 is 15.2 Å². The topological polar surface area (TPSA) is 94.6 Å². The Labute approximate surface area is 205 Å². The largest absolute Gasteiger partial charge is 0.491 e. The first-order chi connectivity index (χ1) is 16.9. The van der Waals surface area contributed by atoms with Gasteiger partial charge in [-0.2, -0.15) is 5.26 Å². The summed E-state index contributed by atoms with van der Waals surface area (Å²) in [6.07, 6.45) is 2.01. The second kappa shape index (κ2) is 10.7. The lowest BCUT2D eigenvalue weighted by Crippen LogP contribution is -2.44. The van der Waals surface area contributed by atoms with E-state index in [-0.39, 0.29) is 18.8 Å². The number of nitriles is 1. The molecule has 1 aromatic heterocycles. The van der Waals surface area contributed by atoms with Gasteiger partial charge in [-0.3, -0.25) is 9.36 Å². The van der Waals surface area contributed by atoms with Gasteiger partial charge in [-0.05, 0) is 56.8 Å². The summed E-state index contributed by atoms with van der Waals surface area (Å²) in [5.41, 5.74) is 3.02. The third-order valence-corrected chi connectivity index (χ3v) is 6.54. The number of aliphatic hydroxyl groups excluding tert-OH is 1. The first-order valence-electron chi connectivity index (χ1n) is 11.8. The van der Waals surface area contributed by atoms with Gasteiger partial charge in [0, 0.05) is 31.7 Å². The molecule has 0 atom stereocenters. The van der Waals surface area contributed by atoms with Crippen LogP contribution in [0, 0.1) is 11.3 Å². The third-order valence-electron chi connectivity index (χ3n) is 6.54. The van der Waals surface area contributed by atoms with E-state index in [4.69, 9.17) is 14.8 Å². The molecule has 1 fully saturated rings. The fourth-order valence-electron chi connectivity index (χ4n) is 4.51. The molecule has 1 saturated heterocycles. The molecule has 0 bridgehead atoms. The minimum Gasteiger partial charge on any atom is -0.491 e. The Morgan fingerprint density at radius 2 is 1.71 bits per heavy atom. The predicted molar refractivity (Wildman–Crippen MR) is 137 cm³/mol. The molecule has 0 unspecified atom stereocenters. The second-order valence-electron chi connectivity index (χ2n) is 8.97. The summed E-state index contributed by atoms with van der Waals surface area (Å²) in [4.78, 5) is 23.2. The Morgan fingerprint density at radius 3 is 2.29 bits per heavy atom. The van der Waals surface area contributed by atoms with Crippen LogP contribution in [0.2, 0.25) is 0 Å². The molecule has 0 aliphatic carbocycles. The summed E-state index contributed by atoms with van der Waals surface area (Å²) in [6.45, 7) is 1.79. The Morgan fingerprint density at radius 1 is 1.09 bits per heavy atom. The van der Waals surface area contributed by atoms with Crippen molar-refractivity contribution in [2.24, 2.45) is 7.05 Å². The van der Waals surface area contributed by atoms with Crippen LogP contribution in [0.25, 0.3) is 22.4 Å². The first kappa shape index (κ1) is 24.5. The number of anilines is 1. The maximum absolute atomic E-state index is 13.8. The normalized spacial score (nSPS) is 14.2. The molecule has 2 heterocycles. The molecule has 8 nitrogen and oxygen atoms in total. The Kier molecular flexibility index (Phi) is 7.49. The summed E-state index contributed by atoms with van der Waals surface area (Å²) < 4.78 is 7.11. The van der Waals surface area contributed by atoms with Gasteiger partial charge >= 0.3 is 0 Å². The molecule has 8 heteroatoms. The van der Waals surface area contributed by atoms with Gasteiger partial charge in [0.1, 0.15) is 12.4 Å². The number of nitrogens with zero attached hydrogens (tertiary/aromatic N) is 5. The minimum absolute atomic E-state index is 0.0672. The first-order valence-corrected chi connectivity index (χ1v) is 11.8. The highest BCUT2D eigenvalue weighted by molar-refractivity contribution is 5.81. The zero-order valence-electron chi connectivity index (χ0n) is 20.4. The highest BCUT2D eigenvalue weighted by Crippen LogP contribution is 2.31. The number of hydrogen-bond donors (Lipinski definition) is 1. The molecular formula is C27H31N5O3. The van der Waals surface area contributed by atoms with Crippen LogP contribution in [0.1, 0.15) is 18.4 Å². The lowest BCUT2D eigenvalue weighted by molar-refractivity contribution is 0.201. The molecule has 1 aliphatic heterocycles. The van der Waals surface area contributed by atoms with Crippen molar-refractivity contribution in [3.8, 4) is 34.2 Å². The van der Waals surface area contributed by atoms with Crippen molar-refractivity contribution in [1.29, 1.82) is 5.26 Å². The average Bonchev–Trinajstić information content (AvgIpc) is 2.89. The molecule has 0 amide bonds. The quantitative estimate of drug-likeness (QED) is 0.564. The van der Waals surface area contributed by atoms with Crippen LogP contribution in [0.4, 0.5) is 5.95 Å². The van der Waals surface area contributed by atoms with E-state index in [0.717, 1.165) is 37.1 Å². The minimum atomic E-state index is -0.131. The van der Waals surface area contributed by atoms with Crippen LogP contribution in [0.15, 0.2) is 53.3 Å². The van der Waals surface area contributed by atoms with Crippen LogP contribution in [-0.4, -0.2) is 66.0 Å². The molecule has 4 rings (SSSR count). The summed E-state index contributed by atoms with van der Waals surface area (Å²) in [7, 11) is 5.98. The van der Waals surface area contributed by atoms with Gasteiger partial charge < -0.3 is 19.6 Å². The van der Waals surface area contributed by atoms with E-state index in [1.54, 1.807) is 35.9 Å². The van der Waals surface area contributed by atoms with Gasteiger partial charge in [-0.15, -0.1) is 0 Å². The van der Waals surface area contributed by atoms with E-state index in [2.05, 4.69) is 30.0 Å². The lowest BCUT2D eigenvalue weighted by Gasteiger charge is -2.36. The van der Waals surface area contributed by atoms with Crippen molar-refractivity contribution in [2.75, 3.05) is 45.3 Å². The lowest BCUT2D eigenvalue weighted by atomic mass is 9.99. The molecule has 0 radical (unpaired) electrons. The number of ether oxygens (including phenoxy) is 1. The Hall–Kier alpha value is -3.67. The number of benzene rings is 2. The average molecular weight is 474 g/mol. The summed E-state index contributed by atoms with van der Waals surface area (Å²) in [6, 6.07) is 17.1. The number of hydrogen-bond acceptors (Lipinski definition) is 7. The van der Waals surface area contributed by atoms with E-state index in [9.17, 15) is 10.1 Å². The van der Waals surface area contributed by atoms with Crippen molar-refractivity contribution in [1.82, 2.24) is 14.5 Å². The van der Waals surface area contributed by atoms with E-state index in [0.29, 0.717) is 34.6 Å². The molecule has 35 heavy (non-hydrogen) atoms.